The van der Waals surface area contributed by atoms with Gasteiger partial charge in [0.1, 0.15) is 0 Å². The average Bonchev–Trinajstić information content (AvgIpc) is 2.31. The highest BCUT2D eigenvalue weighted by atomic mass is 32.1. The highest BCUT2D eigenvalue weighted by Crippen LogP contribution is 2.05. The first kappa shape index (κ1) is 13.6. The van der Waals surface area contributed by atoms with Gasteiger partial charge in [-0.05, 0) is 12.5 Å². The Balaban J connectivity index is 0.000000202. The number of nitrogens with two attached hydrogens (primary N) is 1. The molecule has 92 valence electrons. The van der Waals surface area contributed by atoms with Crippen LogP contribution in [0.5, 0.6) is 0 Å². The Kier molecular flexibility index (Phi) is 5.63. The molecule has 0 bridgehead atoms. The monoisotopic (exact) mass is 253 g/mol. The first-order chi connectivity index (χ1) is 8.15. The van der Waals surface area contributed by atoms with Crippen molar-refractivity contribution in [1.82, 2.24) is 4.98 Å². The Morgan fingerprint density at radius 1 is 1.53 bits per heavy atom. The summed E-state index contributed by atoms with van der Waals surface area (Å²) in [5, 5.41) is 11.0. The summed E-state index contributed by atoms with van der Waals surface area (Å²) in [6, 6.07) is 3.27. The average molecular weight is 253 g/mol. The number of ether oxygens (including phenoxy) is 1. The standard InChI is InChI=1S/C7H6N2OS.C4H9NO/c1-4-2-6(10)9-7(11)5(4)3-8;1-3-6-4-2-5-1/h2H,1H3,(H2,9,10,11);5H,1-4H2. The fourth-order valence-corrected chi connectivity index (χ4v) is 1.68. The van der Waals surface area contributed by atoms with E-state index in [1.165, 1.54) is 6.07 Å². The minimum atomic E-state index is -0.258. The smallest absolute Gasteiger partial charge is 0.246 e. The predicted molar refractivity (Wildman–Crippen MR) is 64.6 cm³/mol. The van der Waals surface area contributed by atoms with Crippen LogP contribution in [0, 0.1) is 18.3 Å². The lowest BCUT2D eigenvalue weighted by Crippen LogP contribution is -2.87. The van der Waals surface area contributed by atoms with Crippen molar-refractivity contribution in [2.75, 3.05) is 26.3 Å². The predicted octanol–water partition coefficient (Wildman–Crippen LogP) is -0.959. The molecule has 3 N–H and O–H groups in total. The molecule has 0 spiro atoms. The summed E-state index contributed by atoms with van der Waals surface area (Å²) >= 11 is 4.75. The van der Waals surface area contributed by atoms with Gasteiger partial charge in [-0.25, -0.2) is 0 Å². The maximum absolute atomic E-state index is 10.7. The number of nitrogens with zero attached hydrogens (tertiary/aromatic N) is 1. The number of quaternary nitrogens is 1. The number of aromatic nitrogens is 1. The number of morpholine rings is 1. The Labute approximate surface area is 105 Å². The summed E-state index contributed by atoms with van der Waals surface area (Å²) in [7, 11) is 0. The van der Waals surface area contributed by atoms with Gasteiger partial charge in [0.2, 0.25) is 5.56 Å². The third-order valence-electron chi connectivity index (χ3n) is 2.25. The van der Waals surface area contributed by atoms with E-state index in [1.54, 1.807) is 6.92 Å². The SMILES string of the molecule is C1COCC[NH2+]1.Cc1cc(=O)[nH]c([S-])c1C#N. The second-order valence-corrected chi connectivity index (χ2v) is 4.02. The molecule has 2 heterocycles. The summed E-state index contributed by atoms with van der Waals surface area (Å²) in [6.45, 7) is 5.88. The van der Waals surface area contributed by atoms with Gasteiger partial charge in [-0.2, -0.15) is 5.26 Å². The molecular weight excluding hydrogens is 238 g/mol. The number of aromatic amines is 1. The van der Waals surface area contributed by atoms with Gasteiger partial charge in [0.15, 0.2) is 0 Å². The van der Waals surface area contributed by atoms with Crippen molar-refractivity contribution < 1.29 is 10.1 Å². The molecule has 0 radical (unpaired) electrons. The molecule has 0 amide bonds. The van der Waals surface area contributed by atoms with Crippen molar-refractivity contribution in [3.8, 4) is 6.07 Å². The van der Waals surface area contributed by atoms with Gasteiger partial charge in [-0.1, -0.05) is 5.03 Å². The number of nitrogens with one attached hydrogen (secondary N) is 1. The summed E-state index contributed by atoms with van der Waals surface area (Å²) in [4.78, 5) is 13.1. The van der Waals surface area contributed by atoms with Gasteiger partial charge in [0.25, 0.3) is 0 Å². The van der Waals surface area contributed by atoms with Crippen molar-refractivity contribution in [2.45, 2.75) is 11.9 Å². The Morgan fingerprint density at radius 2 is 2.18 bits per heavy atom. The minimum absolute atomic E-state index is 0.220. The number of hydrogen-bond acceptors (Lipinski definition) is 4. The van der Waals surface area contributed by atoms with E-state index in [0.29, 0.717) is 11.1 Å². The van der Waals surface area contributed by atoms with Crippen LogP contribution >= 0.6 is 0 Å². The molecule has 1 aliphatic rings. The van der Waals surface area contributed by atoms with Crippen molar-refractivity contribution in [3.05, 3.63) is 27.5 Å². The Morgan fingerprint density at radius 3 is 2.53 bits per heavy atom. The Bertz CT molecular complexity index is 423. The fourth-order valence-electron chi connectivity index (χ4n) is 1.38. The zero-order valence-corrected chi connectivity index (χ0v) is 10.5. The van der Waals surface area contributed by atoms with E-state index in [4.69, 9.17) is 22.6 Å². The lowest BCUT2D eigenvalue weighted by molar-refractivity contribution is -0.670. The first-order valence-corrected chi connectivity index (χ1v) is 5.76. The van der Waals surface area contributed by atoms with Crippen LogP contribution in [0.15, 0.2) is 15.9 Å². The van der Waals surface area contributed by atoms with E-state index in [2.05, 4.69) is 10.3 Å². The third kappa shape index (κ3) is 4.53. The fraction of sp³-hybridized carbons (Fsp3) is 0.455. The first-order valence-electron chi connectivity index (χ1n) is 5.35. The van der Waals surface area contributed by atoms with Gasteiger partial charge in [0, 0.05) is 6.07 Å². The molecule has 5 nitrogen and oxygen atoms in total. The topological polar surface area (TPSA) is 82.5 Å². The number of H-pyrrole nitrogens is 1. The molecule has 1 fully saturated rings. The van der Waals surface area contributed by atoms with Crippen LogP contribution in [0.25, 0.3) is 0 Å². The Hall–Kier alpha value is -1.42. The molecule has 1 saturated heterocycles. The zero-order valence-electron chi connectivity index (χ0n) is 9.66. The molecule has 1 aliphatic heterocycles. The quantitative estimate of drug-likeness (QED) is 0.583. The second kappa shape index (κ2) is 7.01. The maximum Gasteiger partial charge on any atom is 0.246 e. The zero-order chi connectivity index (χ0) is 12.7. The van der Waals surface area contributed by atoms with Gasteiger partial charge in [-0.3, -0.25) is 4.79 Å². The van der Waals surface area contributed by atoms with E-state index in [0.717, 1.165) is 26.3 Å². The van der Waals surface area contributed by atoms with Crippen molar-refractivity contribution in [2.24, 2.45) is 0 Å². The van der Waals surface area contributed by atoms with Crippen molar-refractivity contribution >= 4 is 12.6 Å². The van der Waals surface area contributed by atoms with Crippen LogP contribution in [0.1, 0.15) is 11.1 Å². The highest BCUT2D eigenvalue weighted by molar-refractivity contribution is 7.58. The van der Waals surface area contributed by atoms with Crippen molar-refractivity contribution in [3.63, 3.8) is 0 Å². The summed E-state index contributed by atoms with van der Waals surface area (Å²) in [6.07, 6.45) is 0. The van der Waals surface area contributed by atoms with E-state index in [9.17, 15) is 4.79 Å². The molecule has 17 heavy (non-hydrogen) atoms. The minimum Gasteiger partial charge on any atom is -0.761 e. The molecule has 0 aliphatic carbocycles. The summed E-state index contributed by atoms with van der Waals surface area (Å²) in [5.41, 5.74) is 0.743. The number of hydrogen-bond donors (Lipinski definition) is 2. The lowest BCUT2D eigenvalue weighted by atomic mass is 10.2. The summed E-state index contributed by atoms with van der Waals surface area (Å²) < 4.78 is 5.04. The van der Waals surface area contributed by atoms with Gasteiger partial charge < -0.3 is 27.7 Å². The van der Waals surface area contributed by atoms with Crippen LogP contribution in [0.4, 0.5) is 0 Å². The van der Waals surface area contributed by atoms with E-state index in [1.807, 2.05) is 6.07 Å². The van der Waals surface area contributed by atoms with Gasteiger partial charge >= 0.3 is 0 Å². The number of rotatable bonds is 0. The number of nitriles is 1. The summed E-state index contributed by atoms with van der Waals surface area (Å²) in [5.74, 6) is 0. The van der Waals surface area contributed by atoms with Crippen LogP contribution < -0.4 is 10.9 Å². The molecular formula is C11H15N3O2S. The van der Waals surface area contributed by atoms with E-state index < -0.39 is 0 Å². The molecule has 0 aromatic carbocycles. The molecule has 0 saturated carbocycles. The molecule has 2 rings (SSSR count). The van der Waals surface area contributed by atoms with Crippen LogP contribution in [-0.2, 0) is 17.4 Å². The van der Waals surface area contributed by atoms with Crippen molar-refractivity contribution in [1.29, 1.82) is 5.26 Å². The second-order valence-electron chi connectivity index (χ2n) is 3.61. The number of pyridine rings is 1. The molecule has 0 unspecified atom stereocenters. The maximum atomic E-state index is 10.7. The molecule has 0 atom stereocenters. The third-order valence-corrected chi connectivity index (χ3v) is 2.56. The van der Waals surface area contributed by atoms with E-state index in [-0.39, 0.29) is 10.6 Å². The van der Waals surface area contributed by atoms with Gasteiger partial charge in [-0.15, -0.1) is 0 Å². The van der Waals surface area contributed by atoms with E-state index >= 15 is 0 Å². The van der Waals surface area contributed by atoms with Crippen LogP contribution in [0.3, 0.4) is 0 Å². The van der Waals surface area contributed by atoms with Gasteiger partial charge in [0.05, 0.1) is 37.9 Å². The number of aryl methyl sites for hydroxylation is 1. The normalized spacial score (nSPS) is 14.4. The highest BCUT2D eigenvalue weighted by Gasteiger charge is 1.97. The molecule has 6 heteroatoms. The molecule has 1 aromatic heterocycles. The molecule has 1 aromatic rings. The van der Waals surface area contributed by atoms with Crippen LogP contribution in [0.2, 0.25) is 0 Å². The largest absolute Gasteiger partial charge is 0.761 e. The van der Waals surface area contributed by atoms with Crippen LogP contribution in [-0.4, -0.2) is 31.3 Å². The lowest BCUT2D eigenvalue weighted by Gasteiger charge is -2.08.